The maximum Gasteiger partial charge on any atom is 0.234 e. The van der Waals surface area contributed by atoms with Crippen LogP contribution in [0.15, 0.2) is 64.6 Å². The first kappa shape index (κ1) is 20.8. The second-order valence-corrected chi connectivity index (χ2v) is 8.78. The van der Waals surface area contributed by atoms with E-state index in [9.17, 15) is 4.79 Å². The number of thioether (sulfide) groups is 2. The van der Waals surface area contributed by atoms with Crippen LogP contribution in [-0.2, 0) is 15.3 Å². The summed E-state index contributed by atoms with van der Waals surface area (Å²) in [5.74, 6) is 7.62. The van der Waals surface area contributed by atoms with Crippen molar-refractivity contribution in [3.8, 4) is 0 Å². The fourth-order valence-electron chi connectivity index (χ4n) is 3.14. The van der Waals surface area contributed by atoms with Crippen molar-refractivity contribution in [2.75, 3.05) is 23.5 Å². The van der Waals surface area contributed by atoms with E-state index >= 15 is 0 Å². The lowest BCUT2D eigenvalue weighted by atomic mass is 10.2. The summed E-state index contributed by atoms with van der Waals surface area (Å²) in [5, 5.41) is 11.7. The molecule has 9 heteroatoms. The first-order valence-electron chi connectivity index (χ1n) is 9.71. The molecule has 4 rings (SSSR count). The molecule has 1 amide bonds. The summed E-state index contributed by atoms with van der Waals surface area (Å²) < 4.78 is 7.04. The second-order valence-electron chi connectivity index (χ2n) is 6.82. The van der Waals surface area contributed by atoms with Gasteiger partial charge in [0.25, 0.3) is 0 Å². The molecular formula is C21H23N5O2S2. The van der Waals surface area contributed by atoms with Gasteiger partial charge in [0.15, 0.2) is 5.82 Å². The van der Waals surface area contributed by atoms with E-state index in [-0.39, 0.29) is 17.8 Å². The molecule has 2 heterocycles. The molecule has 2 aromatic carbocycles. The number of benzene rings is 2. The highest BCUT2D eigenvalue weighted by Crippen LogP contribution is 2.31. The molecule has 3 aromatic rings. The number of anilines is 1. The van der Waals surface area contributed by atoms with Crippen LogP contribution in [0.3, 0.4) is 0 Å². The van der Waals surface area contributed by atoms with E-state index in [1.807, 2.05) is 42.5 Å². The number of amides is 1. The quantitative estimate of drug-likeness (QED) is 0.405. The van der Waals surface area contributed by atoms with Crippen molar-refractivity contribution in [1.82, 2.24) is 14.9 Å². The lowest BCUT2D eigenvalue weighted by Gasteiger charge is -2.11. The van der Waals surface area contributed by atoms with E-state index in [2.05, 4.69) is 27.6 Å². The van der Waals surface area contributed by atoms with Gasteiger partial charge in [-0.25, -0.2) is 4.68 Å². The average Bonchev–Trinajstić information content (AvgIpc) is 3.42. The number of hydrogen-bond acceptors (Lipinski definition) is 7. The third-order valence-corrected chi connectivity index (χ3v) is 6.73. The summed E-state index contributed by atoms with van der Waals surface area (Å²) in [6.07, 6.45) is 1.77. The first-order chi connectivity index (χ1) is 14.7. The van der Waals surface area contributed by atoms with Gasteiger partial charge in [-0.3, -0.25) is 4.79 Å². The number of para-hydroxylation sites is 1. The Morgan fingerprint density at radius 2 is 1.93 bits per heavy atom. The minimum absolute atomic E-state index is 0.112. The summed E-state index contributed by atoms with van der Waals surface area (Å²) in [6.45, 7) is 0.712. The topological polar surface area (TPSA) is 95.1 Å². The van der Waals surface area contributed by atoms with Gasteiger partial charge in [0.1, 0.15) is 6.10 Å². The van der Waals surface area contributed by atoms with Crippen molar-refractivity contribution in [1.29, 1.82) is 0 Å². The number of nitrogens with one attached hydrogen (secondary N) is 1. The van der Waals surface area contributed by atoms with Crippen LogP contribution in [0.25, 0.3) is 0 Å². The minimum atomic E-state index is -0.116. The average molecular weight is 442 g/mol. The summed E-state index contributed by atoms with van der Waals surface area (Å²) >= 11 is 2.95. The van der Waals surface area contributed by atoms with Gasteiger partial charge in [0.05, 0.1) is 11.4 Å². The van der Waals surface area contributed by atoms with Crippen molar-refractivity contribution in [3.63, 3.8) is 0 Å². The van der Waals surface area contributed by atoms with E-state index in [0.29, 0.717) is 17.6 Å². The molecule has 156 valence electrons. The van der Waals surface area contributed by atoms with E-state index in [1.54, 1.807) is 11.8 Å². The number of hydrogen-bond donors (Lipinski definition) is 2. The van der Waals surface area contributed by atoms with Crippen LogP contribution < -0.4 is 11.2 Å². The van der Waals surface area contributed by atoms with Crippen LogP contribution in [0.2, 0.25) is 0 Å². The van der Waals surface area contributed by atoms with Gasteiger partial charge in [0, 0.05) is 17.3 Å². The lowest BCUT2D eigenvalue weighted by molar-refractivity contribution is -0.113. The largest absolute Gasteiger partial charge is 0.370 e. The molecule has 0 aliphatic carbocycles. The fraction of sp³-hybridized carbons (Fsp3) is 0.286. The van der Waals surface area contributed by atoms with Crippen molar-refractivity contribution < 1.29 is 9.53 Å². The number of aromatic nitrogens is 3. The maximum atomic E-state index is 12.5. The predicted octanol–water partition coefficient (Wildman–Crippen LogP) is 3.87. The van der Waals surface area contributed by atoms with Crippen molar-refractivity contribution in [3.05, 3.63) is 66.0 Å². The van der Waals surface area contributed by atoms with Gasteiger partial charge < -0.3 is 15.9 Å². The number of carbonyl (C=O) groups is 1. The maximum absolute atomic E-state index is 12.5. The Morgan fingerprint density at radius 3 is 2.73 bits per heavy atom. The number of nitrogens with two attached hydrogens (primary N) is 1. The van der Waals surface area contributed by atoms with Crippen LogP contribution in [0.5, 0.6) is 0 Å². The monoisotopic (exact) mass is 441 g/mol. The highest BCUT2D eigenvalue weighted by molar-refractivity contribution is 7.99. The summed E-state index contributed by atoms with van der Waals surface area (Å²) in [6, 6.07) is 18.1. The minimum Gasteiger partial charge on any atom is -0.370 e. The zero-order valence-electron chi connectivity index (χ0n) is 16.4. The Morgan fingerprint density at radius 1 is 1.13 bits per heavy atom. The molecule has 30 heavy (non-hydrogen) atoms. The number of nitrogen functional groups attached to an aromatic ring is 1. The predicted molar refractivity (Wildman–Crippen MR) is 120 cm³/mol. The zero-order chi connectivity index (χ0) is 20.8. The van der Waals surface area contributed by atoms with Gasteiger partial charge in [-0.2, -0.15) is 0 Å². The van der Waals surface area contributed by atoms with Crippen molar-refractivity contribution in [2.24, 2.45) is 0 Å². The highest BCUT2D eigenvalue weighted by Gasteiger charge is 2.25. The summed E-state index contributed by atoms with van der Waals surface area (Å²) in [7, 11) is 0. The van der Waals surface area contributed by atoms with Gasteiger partial charge in [-0.15, -0.1) is 22.0 Å². The van der Waals surface area contributed by atoms with Crippen molar-refractivity contribution in [2.45, 2.75) is 34.8 Å². The Hall–Kier alpha value is -2.49. The highest BCUT2D eigenvalue weighted by atomic mass is 32.2. The first-order valence-corrected chi connectivity index (χ1v) is 11.7. The number of nitrogens with zero attached hydrogens (tertiary/aromatic N) is 3. The summed E-state index contributed by atoms with van der Waals surface area (Å²) in [4.78, 5) is 13.6. The van der Waals surface area contributed by atoms with Crippen LogP contribution >= 0.6 is 23.5 Å². The molecule has 1 aliphatic heterocycles. The van der Waals surface area contributed by atoms with Crippen LogP contribution in [-0.4, -0.2) is 33.1 Å². The molecule has 0 radical (unpaired) electrons. The number of carbonyl (C=O) groups excluding carboxylic acids is 1. The van der Waals surface area contributed by atoms with E-state index in [0.717, 1.165) is 29.2 Å². The SMILES string of the molecule is Nn1c(SCC(=O)Nc2ccccc2SCc2ccccc2)nnc1[C@H]1CCCO1. The smallest absolute Gasteiger partial charge is 0.234 e. The van der Waals surface area contributed by atoms with Gasteiger partial charge in [0.2, 0.25) is 11.1 Å². The molecule has 1 aromatic heterocycles. The summed E-state index contributed by atoms with van der Waals surface area (Å²) in [5.41, 5.74) is 2.04. The molecule has 0 unspecified atom stereocenters. The third-order valence-electron chi connectivity index (χ3n) is 4.64. The molecule has 1 atom stereocenters. The molecule has 0 spiro atoms. The van der Waals surface area contributed by atoms with Crippen LogP contribution in [0, 0.1) is 0 Å². The number of rotatable bonds is 8. The van der Waals surface area contributed by atoms with Gasteiger partial charge in [-0.1, -0.05) is 54.2 Å². The Bertz CT molecular complexity index is 990. The zero-order valence-corrected chi connectivity index (χ0v) is 18.0. The Labute approximate surface area is 183 Å². The normalized spacial score (nSPS) is 15.9. The van der Waals surface area contributed by atoms with Gasteiger partial charge >= 0.3 is 0 Å². The lowest BCUT2D eigenvalue weighted by Crippen LogP contribution is -2.18. The molecule has 0 bridgehead atoms. The standard InChI is InChI=1S/C21H23N5O2S2/c22-26-20(17-10-6-12-28-17)24-25-21(26)30-14-19(27)23-16-9-4-5-11-18(16)29-13-15-7-2-1-3-8-15/h1-5,7-9,11,17H,6,10,12-14,22H2,(H,23,27)/t17-/m1/s1. The molecule has 0 saturated carbocycles. The molecule has 7 nitrogen and oxygen atoms in total. The molecule has 3 N–H and O–H groups in total. The molecular weight excluding hydrogens is 418 g/mol. The second kappa shape index (κ2) is 10.0. The Kier molecular flexibility index (Phi) is 6.93. The molecule has 1 aliphatic rings. The van der Waals surface area contributed by atoms with Gasteiger partial charge in [-0.05, 0) is 30.5 Å². The van der Waals surface area contributed by atoms with Crippen LogP contribution in [0.1, 0.15) is 30.3 Å². The molecule has 1 saturated heterocycles. The fourth-order valence-corrected chi connectivity index (χ4v) is 4.76. The van der Waals surface area contributed by atoms with E-state index in [4.69, 9.17) is 10.6 Å². The molecule has 1 fully saturated rings. The third kappa shape index (κ3) is 5.16. The van der Waals surface area contributed by atoms with Crippen LogP contribution in [0.4, 0.5) is 5.69 Å². The van der Waals surface area contributed by atoms with E-state index < -0.39 is 0 Å². The van der Waals surface area contributed by atoms with E-state index in [1.165, 1.54) is 22.0 Å². The number of ether oxygens (including phenoxy) is 1. The van der Waals surface area contributed by atoms with Crippen molar-refractivity contribution >= 4 is 35.1 Å². The Balaban J connectivity index is 1.33.